The third-order valence-electron chi connectivity index (χ3n) is 1.02. The van der Waals surface area contributed by atoms with Gasteiger partial charge in [-0.3, -0.25) is 0 Å². The van der Waals surface area contributed by atoms with E-state index in [1.165, 1.54) is 5.56 Å². The van der Waals surface area contributed by atoms with Crippen LogP contribution in [0.15, 0.2) is 30.3 Å². The van der Waals surface area contributed by atoms with E-state index in [-0.39, 0.29) is 0 Å². The molecular weight excluding hydrogens is 194 g/mol. The molecule has 1 rings (SSSR count). The summed E-state index contributed by atoms with van der Waals surface area (Å²) in [5, 5.41) is 0. The van der Waals surface area contributed by atoms with E-state index in [1.54, 1.807) is 0 Å². The summed E-state index contributed by atoms with van der Waals surface area (Å²) in [5.41, 5.74) is 1.20. The maximum absolute atomic E-state index is 2.93. The molecule has 1 aromatic carbocycles. The van der Waals surface area contributed by atoms with Crippen molar-refractivity contribution in [2.75, 3.05) is 0 Å². The SMILES string of the molecule is [Tc]=[C]=Cc1ccccc1. The van der Waals surface area contributed by atoms with Gasteiger partial charge in [0.25, 0.3) is 0 Å². The number of hydrogen-bond donors (Lipinski definition) is 0. The number of rotatable bonds is 1. The summed E-state index contributed by atoms with van der Waals surface area (Å²) in [7, 11) is 0. The maximum atomic E-state index is 2.93. The van der Waals surface area contributed by atoms with Gasteiger partial charge in [-0.05, 0) is 0 Å². The summed E-state index contributed by atoms with van der Waals surface area (Å²) in [6, 6.07) is 10.1. The Morgan fingerprint density at radius 1 is 1.22 bits per heavy atom. The second-order valence-corrected chi connectivity index (χ2v) is 2.20. The molecule has 0 aliphatic rings. The molecule has 0 N–H and O–H groups in total. The zero-order chi connectivity index (χ0) is 6.53. The number of benzene rings is 1. The van der Waals surface area contributed by atoms with Crippen LogP contribution in [0.2, 0.25) is 0 Å². The molecule has 45 valence electrons. The first-order valence-corrected chi connectivity index (χ1v) is 3.61. The zero-order valence-electron chi connectivity index (χ0n) is 4.84. The summed E-state index contributed by atoms with van der Waals surface area (Å²) in [6.45, 7) is 0. The molecule has 0 aliphatic carbocycles. The van der Waals surface area contributed by atoms with E-state index in [9.17, 15) is 0 Å². The van der Waals surface area contributed by atoms with Gasteiger partial charge in [0.2, 0.25) is 0 Å². The van der Waals surface area contributed by atoms with Gasteiger partial charge in [-0.15, -0.1) is 0 Å². The first-order valence-electron chi connectivity index (χ1n) is 2.68. The Labute approximate surface area is 64.9 Å². The Bertz CT molecular complexity index is 220. The Morgan fingerprint density at radius 3 is 2.44 bits per heavy atom. The van der Waals surface area contributed by atoms with Crippen molar-refractivity contribution < 1.29 is 18.4 Å². The van der Waals surface area contributed by atoms with Crippen molar-refractivity contribution in [3.8, 4) is 0 Å². The Balaban J connectivity index is 2.97. The monoisotopic (exact) mass is 199 g/mol. The quantitative estimate of drug-likeness (QED) is 0.646. The predicted octanol–water partition coefficient (Wildman–Crippen LogP) is 1.65. The van der Waals surface area contributed by atoms with Crippen molar-refractivity contribution >= 4 is 10.3 Å². The molecular formula is C8H6Tc. The molecule has 1 heteroatoms. The minimum absolute atomic E-state index is 1.20. The van der Waals surface area contributed by atoms with Crippen LogP contribution in [0.3, 0.4) is 0 Å². The van der Waals surface area contributed by atoms with Gasteiger partial charge in [-0.1, -0.05) is 0 Å². The number of hydrogen-bond acceptors (Lipinski definition) is 0. The molecule has 9 heavy (non-hydrogen) atoms. The van der Waals surface area contributed by atoms with Crippen LogP contribution in [0.1, 0.15) is 5.56 Å². The summed E-state index contributed by atoms with van der Waals surface area (Å²) in [6.07, 6.45) is 1.94. The standard InChI is InChI=1S/C8H6.Tc/c1-2-8-6-4-3-5-7-8;/h2-7H;. The summed E-state index contributed by atoms with van der Waals surface area (Å²) in [4.78, 5) is 0. The molecule has 0 heterocycles. The average Bonchev–Trinajstić information content (AvgIpc) is 1.91. The van der Waals surface area contributed by atoms with Crippen LogP contribution >= 0.6 is 0 Å². The zero-order valence-corrected chi connectivity index (χ0v) is 6.70. The van der Waals surface area contributed by atoms with Crippen LogP contribution in [-0.4, -0.2) is 4.18 Å². The van der Waals surface area contributed by atoms with Gasteiger partial charge >= 0.3 is 64.6 Å². The molecule has 0 aliphatic heterocycles. The summed E-state index contributed by atoms with van der Waals surface area (Å²) < 4.78 is 2.93. The molecule has 0 amide bonds. The second-order valence-electron chi connectivity index (χ2n) is 1.66. The van der Waals surface area contributed by atoms with Crippen molar-refractivity contribution in [3.05, 3.63) is 35.9 Å². The molecule has 0 atom stereocenters. The molecule has 0 bridgehead atoms. The van der Waals surface area contributed by atoms with Crippen LogP contribution in [0.25, 0.3) is 6.08 Å². The minimum atomic E-state index is 1.20. The fourth-order valence-corrected chi connectivity index (χ4v) is 0.922. The van der Waals surface area contributed by atoms with Gasteiger partial charge in [0.15, 0.2) is 0 Å². The normalized spacial score (nSPS) is 8.00. The van der Waals surface area contributed by atoms with Crippen LogP contribution in [-0.2, 0) is 18.4 Å². The summed E-state index contributed by atoms with van der Waals surface area (Å²) >= 11 is 2.09. The fraction of sp³-hybridized carbons (Fsp3) is 0. The van der Waals surface area contributed by atoms with Crippen molar-refractivity contribution in [1.29, 1.82) is 0 Å². The Kier molecular flexibility index (Phi) is 2.60. The van der Waals surface area contributed by atoms with Gasteiger partial charge < -0.3 is 0 Å². The van der Waals surface area contributed by atoms with Gasteiger partial charge in [0.1, 0.15) is 0 Å². The molecule has 0 saturated heterocycles. The molecule has 0 aromatic heterocycles. The van der Waals surface area contributed by atoms with E-state index >= 15 is 0 Å². The van der Waals surface area contributed by atoms with Gasteiger partial charge in [0, 0.05) is 0 Å². The van der Waals surface area contributed by atoms with E-state index in [0.29, 0.717) is 0 Å². The average molecular weight is 200 g/mol. The fourth-order valence-electron chi connectivity index (χ4n) is 0.612. The van der Waals surface area contributed by atoms with Crippen LogP contribution < -0.4 is 0 Å². The van der Waals surface area contributed by atoms with Gasteiger partial charge in [0.05, 0.1) is 0 Å². The molecule has 0 unspecified atom stereocenters. The molecule has 0 nitrogen and oxygen atoms in total. The van der Waals surface area contributed by atoms with Crippen molar-refractivity contribution in [1.82, 2.24) is 0 Å². The molecule has 0 spiro atoms. The van der Waals surface area contributed by atoms with Crippen molar-refractivity contribution in [3.63, 3.8) is 0 Å². The molecule has 0 fully saturated rings. The van der Waals surface area contributed by atoms with E-state index in [0.717, 1.165) is 0 Å². The summed E-state index contributed by atoms with van der Waals surface area (Å²) in [5.74, 6) is 0. The Morgan fingerprint density at radius 2 is 1.89 bits per heavy atom. The van der Waals surface area contributed by atoms with E-state index < -0.39 is 0 Å². The predicted molar refractivity (Wildman–Crippen MR) is 35.9 cm³/mol. The topological polar surface area (TPSA) is 0 Å². The van der Waals surface area contributed by atoms with Gasteiger partial charge in [-0.2, -0.15) is 0 Å². The molecule has 0 saturated carbocycles. The van der Waals surface area contributed by atoms with E-state index in [4.69, 9.17) is 0 Å². The van der Waals surface area contributed by atoms with Crippen LogP contribution in [0, 0.1) is 0 Å². The molecule has 1 aromatic rings. The van der Waals surface area contributed by atoms with Crippen LogP contribution in [0.5, 0.6) is 0 Å². The van der Waals surface area contributed by atoms with E-state index in [2.05, 4.69) is 22.6 Å². The first-order chi connectivity index (χ1) is 4.43. The van der Waals surface area contributed by atoms with Crippen LogP contribution in [0.4, 0.5) is 0 Å². The third-order valence-corrected chi connectivity index (χ3v) is 1.29. The second kappa shape index (κ2) is 3.53. The molecule has 0 radical (unpaired) electrons. The van der Waals surface area contributed by atoms with Gasteiger partial charge in [-0.25, -0.2) is 0 Å². The first kappa shape index (κ1) is 6.64. The van der Waals surface area contributed by atoms with Crippen molar-refractivity contribution in [2.45, 2.75) is 0 Å². The Hall–Kier alpha value is -0.481. The van der Waals surface area contributed by atoms with E-state index in [1.807, 2.05) is 36.4 Å². The third kappa shape index (κ3) is 2.07. The van der Waals surface area contributed by atoms with Crippen molar-refractivity contribution in [2.24, 2.45) is 0 Å².